The highest BCUT2D eigenvalue weighted by Gasteiger charge is 2.51. The van der Waals surface area contributed by atoms with Crippen molar-refractivity contribution < 1.29 is 63.1 Å². The molecule has 13 nitrogen and oxygen atoms in total. The molecule has 59 heavy (non-hydrogen) atoms. The summed E-state index contributed by atoms with van der Waals surface area (Å²) in [5.41, 5.74) is 0. The van der Waals surface area contributed by atoms with Crippen molar-refractivity contribution in [3.63, 3.8) is 0 Å². The summed E-state index contributed by atoms with van der Waals surface area (Å²) in [6, 6.07) is 0. The average molecular weight is 861 g/mol. The van der Waals surface area contributed by atoms with E-state index in [-0.39, 0.29) is 12.8 Å². The second kappa shape index (κ2) is 35.6. The summed E-state index contributed by atoms with van der Waals surface area (Å²) in [5, 5.41) is 50.1. The molecule has 6 N–H and O–H groups in total. The van der Waals surface area contributed by atoms with E-state index in [1.807, 2.05) is 0 Å². The molecule has 0 aromatic rings. The average Bonchev–Trinajstić information content (AvgIpc) is 3.21. The van der Waals surface area contributed by atoms with Crippen LogP contribution in [-0.4, -0.2) is 98.3 Å². The van der Waals surface area contributed by atoms with E-state index >= 15 is 0 Å². The fraction of sp³-hybridized carbons (Fsp3) is 0.822. The highest BCUT2D eigenvalue weighted by atomic mass is 31.2. The fourth-order valence-corrected chi connectivity index (χ4v) is 7.70. The number of carbonyl (C=O) groups excluding carboxylic acids is 2. The Balaban J connectivity index is 2.49. The molecular weight excluding hydrogens is 779 g/mol. The molecular formula is C45H81O13P. The minimum Gasteiger partial charge on any atom is -0.462 e. The first-order chi connectivity index (χ1) is 28.4. The minimum atomic E-state index is -5.12. The molecule has 1 saturated carbocycles. The van der Waals surface area contributed by atoms with E-state index in [4.69, 9.17) is 18.5 Å². The summed E-state index contributed by atoms with van der Waals surface area (Å²) in [4.78, 5) is 35.7. The number of phosphoric acid groups is 1. The van der Waals surface area contributed by atoms with Gasteiger partial charge in [-0.25, -0.2) is 4.57 Å². The number of allylic oxidation sites excluding steroid dienone is 6. The van der Waals surface area contributed by atoms with Crippen molar-refractivity contribution in [2.24, 2.45) is 0 Å². The topological polar surface area (TPSA) is 210 Å². The molecule has 0 amide bonds. The molecule has 0 heterocycles. The zero-order chi connectivity index (χ0) is 43.6. The minimum absolute atomic E-state index is 0.0837. The van der Waals surface area contributed by atoms with E-state index in [0.29, 0.717) is 12.8 Å². The Hall–Kier alpha value is -1.93. The lowest BCUT2D eigenvalue weighted by Gasteiger charge is -2.41. The van der Waals surface area contributed by atoms with E-state index in [9.17, 15) is 44.6 Å². The third-order valence-corrected chi connectivity index (χ3v) is 11.4. The summed E-state index contributed by atoms with van der Waals surface area (Å²) >= 11 is 0. The van der Waals surface area contributed by atoms with Gasteiger partial charge in [-0.05, 0) is 70.6 Å². The van der Waals surface area contributed by atoms with Gasteiger partial charge in [-0.15, -0.1) is 0 Å². The molecule has 0 saturated heterocycles. The van der Waals surface area contributed by atoms with Gasteiger partial charge in [0.05, 0.1) is 6.61 Å². The van der Waals surface area contributed by atoms with Crippen LogP contribution in [0.3, 0.4) is 0 Å². The van der Waals surface area contributed by atoms with Crippen molar-refractivity contribution in [2.45, 2.75) is 224 Å². The lowest BCUT2D eigenvalue weighted by molar-refractivity contribution is -0.220. The monoisotopic (exact) mass is 861 g/mol. The molecule has 0 bridgehead atoms. The van der Waals surface area contributed by atoms with Gasteiger partial charge in [0, 0.05) is 12.8 Å². The number of hydrogen-bond donors (Lipinski definition) is 6. The van der Waals surface area contributed by atoms with Crippen LogP contribution in [-0.2, 0) is 32.7 Å². The maximum absolute atomic E-state index is 12.8. The van der Waals surface area contributed by atoms with Gasteiger partial charge >= 0.3 is 19.8 Å². The number of unbranched alkanes of at least 4 members (excludes halogenated alkanes) is 19. The Kier molecular flexibility index (Phi) is 33.3. The first kappa shape index (κ1) is 55.1. The third kappa shape index (κ3) is 28.3. The molecule has 6 unspecified atom stereocenters. The van der Waals surface area contributed by atoms with Gasteiger partial charge in [0.1, 0.15) is 43.2 Å². The van der Waals surface area contributed by atoms with Gasteiger partial charge < -0.3 is 39.9 Å². The second-order valence-electron chi connectivity index (χ2n) is 15.9. The molecule has 0 radical (unpaired) electrons. The van der Waals surface area contributed by atoms with Crippen molar-refractivity contribution in [3.8, 4) is 0 Å². The number of phosphoric ester groups is 1. The van der Waals surface area contributed by atoms with E-state index in [1.165, 1.54) is 57.8 Å². The van der Waals surface area contributed by atoms with Crippen LogP contribution in [0, 0.1) is 0 Å². The van der Waals surface area contributed by atoms with Gasteiger partial charge in [0.15, 0.2) is 6.10 Å². The Labute approximate surface area is 355 Å². The van der Waals surface area contributed by atoms with Crippen molar-refractivity contribution in [1.29, 1.82) is 0 Å². The summed E-state index contributed by atoms with van der Waals surface area (Å²) in [6.07, 6.45) is 26.2. The predicted molar refractivity (Wildman–Crippen MR) is 230 cm³/mol. The Bertz CT molecular complexity index is 1180. The van der Waals surface area contributed by atoms with E-state index < -0.39 is 75.7 Å². The van der Waals surface area contributed by atoms with Gasteiger partial charge in [0.2, 0.25) is 0 Å². The maximum Gasteiger partial charge on any atom is 0.472 e. The summed E-state index contributed by atoms with van der Waals surface area (Å²) < 4.78 is 33.5. The summed E-state index contributed by atoms with van der Waals surface area (Å²) in [5.74, 6) is -1.12. The molecule has 0 aromatic carbocycles. The number of aliphatic hydroxyl groups is 5. The highest BCUT2D eigenvalue weighted by molar-refractivity contribution is 7.47. The largest absolute Gasteiger partial charge is 0.472 e. The first-order valence-electron chi connectivity index (χ1n) is 22.8. The molecule has 8 atom stereocenters. The van der Waals surface area contributed by atoms with Crippen LogP contribution in [0.4, 0.5) is 0 Å². The molecule has 14 heteroatoms. The van der Waals surface area contributed by atoms with E-state index in [2.05, 4.69) is 50.3 Å². The van der Waals surface area contributed by atoms with Gasteiger partial charge in [-0.1, -0.05) is 134 Å². The van der Waals surface area contributed by atoms with Crippen molar-refractivity contribution >= 4 is 19.8 Å². The van der Waals surface area contributed by atoms with Gasteiger partial charge in [-0.2, -0.15) is 0 Å². The van der Waals surface area contributed by atoms with Crippen LogP contribution in [0.5, 0.6) is 0 Å². The number of aliphatic hydroxyl groups excluding tert-OH is 5. The molecule has 0 aromatic heterocycles. The highest BCUT2D eigenvalue weighted by Crippen LogP contribution is 2.47. The fourth-order valence-electron chi connectivity index (χ4n) is 6.72. The number of esters is 2. The number of hydrogen-bond acceptors (Lipinski definition) is 12. The van der Waals surface area contributed by atoms with E-state index in [1.54, 1.807) is 0 Å². The smallest absolute Gasteiger partial charge is 0.462 e. The first-order valence-corrected chi connectivity index (χ1v) is 24.3. The molecule has 0 aliphatic heterocycles. The van der Waals surface area contributed by atoms with Crippen molar-refractivity contribution in [1.82, 2.24) is 0 Å². The Morgan fingerprint density at radius 1 is 0.525 bits per heavy atom. The normalized spacial score (nSPS) is 22.6. The van der Waals surface area contributed by atoms with Crippen LogP contribution in [0.1, 0.15) is 181 Å². The van der Waals surface area contributed by atoms with Crippen LogP contribution < -0.4 is 0 Å². The summed E-state index contributed by atoms with van der Waals surface area (Å²) in [7, 11) is -5.12. The number of ether oxygens (including phenoxy) is 2. The lowest BCUT2D eigenvalue weighted by Crippen LogP contribution is -2.64. The number of carbonyl (C=O) groups is 2. The molecule has 344 valence electrons. The zero-order valence-electron chi connectivity index (χ0n) is 36.3. The predicted octanol–water partition coefficient (Wildman–Crippen LogP) is 8.61. The molecule has 0 spiro atoms. The lowest BCUT2D eigenvalue weighted by atomic mass is 9.85. The molecule has 1 fully saturated rings. The Morgan fingerprint density at radius 3 is 1.42 bits per heavy atom. The van der Waals surface area contributed by atoms with Gasteiger partial charge in [-0.3, -0.25) is 18.6 Å². The van der Waals surface area contributed by atoms with Crippen LogP contribution in [0.25, 0.3) is 0 Å². The van der Waals surface area contributed by atoms with Crippen molar-refractivity contribution in [3.05, 3.63) is 36.5 Å². The third-order valence-electron chi connectivity index (χ3n) is 10.5. The standard InChI is InChI=1S/C45H81O13P/c1-3-5-7-9-11-13-15-17-19-21-23-25-27-29-31-33-38(46)55-35-37(36-56-59(53,54)58-45-43(51)41(49)40(48)42(50)44(45)52)57-39(47)34-32-30-28-26-24-22-20-18-16-14-12-10-8-6-4-2/h11,13,17-20,37,40-45,48-52H,3-10,12,14-16,21-36H2,1-2H3,(H,53,54)/b13-11-,19-17-,20-18-/t37-,40?,41-,42?,43?,44?,45?/m1/s1. The Morgan fingerprint density at radius 2 is 0.915 bits per heavy atom. The van der Waals surface area contributed by atoms with E-state index in [0.717, 1.165) is 83.5 Å². The molecule has 1 rings (SSSR count). The zero-order valence-corrected chi connectivity index (χ0v) is 37.2. The maximum atomic E-state index is 12.8. The SMILES string of the molecule is CCCCC/C=C\C/C=C\CCCCCCCC(=O)OC[C@H](COP(=O)(O)OC1C(O)C(O)C(O)[C@@H](O)C1O)OC(=O)CCCCCCC/C=C\CCCCCCCC. The van der Waals surface area contributed by atoms with Crippen molar-refractivity contribution in [2.75, 3.05) is 13.2 Å². The summed E-state index contributed by atoms with van der Waals surface area (Å²) in [6.45, 7) is 3.24. The van der Waals surface area contributed by atoms with Crippen LogP contribution in [0.2, 0.25) is 0 Å². The quantitative estimate of drug-likeness (QED) is 0.0150. The second-order valence-corrected chi connectivity index (χ2v) is 17.3. The molecule has 1 aliphatic rings. The molecule has 1 aliphatic carbocycles. The van der Waals surface area contributed by atoms with Gasteiger partial charge in [0.25, 0.3) is 0 Å². The van der Waals surface area contributed by atoms with Crippen LogP contribution in [0.15, 0.2) is 36.5 Å². The van der Waals surface area contributed by atoms with Crippen LogP contribution >= 0.6 is 7.82 Å². The number of rotatable bonds is 37.